The standard InChI is InChI=1S/C18H21NO3/c1-13(14-8-6-9-16(11-14)21-2)19-18(20)12-15-7-4-5-10-17(15)22-3/h4-11,13H,12H2,1-3H3,(H,19,20)/t13-/m0/s1. The van der Waals surface area contributed by atoms with Crippen LogP contribution in [0.4, 0.5) is 0 Å². The molecular formula is C18H21NO3. The second-order valence-corrected chi connectivity index (χ2v) is 5.05. The predicted molar refractivity (Wildman–Crippen MR) is 86.2 cm³/mol. The molecule has 1 atom stereocenters. The van der Waals surface area contributed by atoms with E-state index in [-0.39, 0.29) is 11.9 Å². The minimum Gasteiger partial charge on any atom is -0.497 e. The van der Waals surface area contributed by atoms with E-state index >= 15 is 0 Å². The third-order valence-electron chi connectivity index (χ3n) is 3.51. The predicted octanol–water partition coefficient (Wildman–Crippen LogP) is 3.12. The second kappa shape index (κ2) is 7.50. The molecule has 4 nitrogen and oxygen atoms in total. The number of hydrogen-bond donors (Lipinski definition) is 1. The number of carbonyl (C=O) groups excluding carboxylic acids is 1. The van der Waals surface area contributed by atoms with E-state index in [0.717, 1.165) is 22.6 Å². The van der Waals surface area contributed by atoms with Crippen LogP contribution in [0.5, 0.6) is 11.5 Å². The van der Waals surface area contributed by atoms with Gasteiger partial charge in [-0.15, -0.1) is 0 Å². The Balaban J connectivity index is 2.02. The van der Waals surface area contributed by atoms with Crippen LogP contribution < -0.4 is 14.8 Å². The number of carbonyl (C=O) groups is 1. The fraction of sp³-hybridized carbons (Fsp3) is 0.278. The molecule has 22 heavy (non-hydrogen) atoms. The van der Waals surface area contributed by atoms with E-state index in [2.05, 4.69) is 5.32 Å². The molecule has 2 aromatic carbocycles. The Kier molecular flexibility index (Phi) is 5.42. The van der Waals surface area contributed by atoms with E-state index < -0.39 is 0 Å². The summed E-state index contributed by atoms with van der Waals surface area (Å²) in [5, 5.41) is 3.00. The highest BCUT2D eigenvalue weighted by Gasteiger charge is 2.12. The highest BCUT2D eigenvalue weighted by atomic mass is 16.5. The molecule has 1 amide bonds. The Morgan fingerprint density at radius 1 is 1.09 bits per heavy atom. The van der Waals surface area contributed by atoms with Gasteiger partial charge in [-0.2, -0.15) is 0 Å². The molecule has 0 radical (unpaired) electrons. The van der Waals surface area contributed by atoms with Gasteiger partial charge in [-0.3, -0.25) is 4.79 Å². The number of ether oxygens (including phenoxy) is 2. The Hall–Kier alpha value is -2.49. The molecule has 0 aromatic heterocycles. The van der Waals surface area contributed by atoms with Gasteiger partial charge in [0.15, 0.2) is 0 Å². The molecule has 0 saturated carbocycles. The molecule has 2 rings (SSSR count). The summed E-state index contributed by atoms with van der Waals surface area (Å²) in [5.74, 6) is 1.47. The molecular weight excluding hydrogens is 278 g/mol. The summed E-state index contributed by atoms with van der Waals surface area (Å²) >= 11 is 0. The Morgan fingerprint density at radius 2 is 1.86 bits per heavy atom. The minimum absolute atomic E-state index is 0.0418. The average Bonchev–Trinajstić information content (AvgIpc) is 2.55. The highest BCUT2D eigenvalue weighted by Crippen LogP contribution is 2.20. The van der Waals surface area contributed by atoms with Crippen molar-refractivity contribution in [2.75, 3.05) is 14.2 Å². The number of hydrogen-bond acceptors (Lipinski definition) is 3. The maximum Gasteiger partial charge on any atom is 0.225 e. The summed E-state index contributed by atoms with van der Waals surface area (Å²) in [5.41, 5.74) is 1.88. The summed E-state index contributed by atoms with van der Waals surface area (Å²) in [7, 11) is 3.24. The van der Waals surface area contributed by atoms with Gasteiger partial charge in [0.05, 0.1) is 26.7 Å². The Morgan fingerprint density at radius 3 is 2.59 bits per heavy atom. The van der Waals surface area contributed by atoms with Crippen LogP contribution in [0.25, 0.3) is 0 Å². The van der Waals surface area contributed by atoms with Crippen LogP contribution >= 0.6 is 0 Å². The van der Waals surface area contributed by atoms with E-state index in [1.807, 2.05) is 55.5 Å². The van der Waals surface area contributed by atoms with Crippen molar-refractivity contribution in [1.29, 1.82) is 0 Å². The van der Waals surface area contributed by atoms with Crippen molar-refractivity contribution in [3.63, 3.8) is 0 Å². The van der Waals surface area contributed by atoms with Crippen LogP contribution in [0, 0.1) is 0 Å². The highest BCUT2D eigenvalue weighted by molar-refractivity contribution is 5.79. The van der Waals surface area contributed by atoms with Crippen molar-refractivity contribution in [2.45, 2.75) is 19.4 Å². The largest absolute Gasteiger partial charge is 0.497 e. The van der Waals surface area contributed by atoms with Gasteiger partial charge >= 0.3 is 0 Å². The van der Waals surface area contributed by atoms with Gasteiger partial charge in [-0.25, -0.2) is 0 Å². The van der Waals surface area contributed by atoms with Crippen molar-refractivity contribution in [3.05, 3.63) is 59.7 Å². The smallest absolute Gasteiger partial charge is 0.225 e. The van der Waals surface area contributed by atoms with Crippen LogP contribution in [0.15, 0.2) is 48.5 Å². The lowest BCUT2D eigenvalue weighted by Gasteiger charge is -2.16. The molecule has 0 spiro atoms. The third kappa shape index (κ3) is 4.01. The number of rotatable bonds is 6. The maximum absolute atomic E-state index is 12.2. The number of para-hydroxylation sites is 1. The van der Waals surface area contributed by atoms with Crippen LogP contribution in [0.3, 0.4) is 0 Å². The molecule has 1 N–H and O–H groups in total. The molecule has 0 aliphatic carbocycles. The first kappa shape index (κ1) is 15.9. The zero-order valence-corrected chi connectivity index (χ0v) is 13.1. The molecule has 0 aliphatic rings. The van der Waals surface area contributed by atoms with E-state index in [4.69, 9.17) is 9.47 Å². The Labute approximate surface area is 131 Å². The van der Waals surface area contributed by atoms with Gasteiger partial charge in [0, 0.05) is 5.56 Å². The molecule has 0 fully saturated rings. The topological polar surface area (TPSA) is 47.6 Å². The molecule has 4 heteroatoms. The molecule has 0 bridgehead atoms. The summed E-state index contributed by atoms with van der Waals surface area (Å²) in [6.07, 6.45) is 0.290. The van der Waals surface area contributed by atoms with Crippen LogP contribution in [-0.2, 0) is 11.2 Å². The maximum atomic E-state index is 12.2. The van der Waals surface area contributed by atoms with E-state index in [1.54, 1.807) is 14.2 Å². The summed E-state index contributed by atoms with van der Waals surface area (Å²) in [6, 6.07) is 15.1. The fourth-order valence-corrected chi connectivity index (χ4v) is 2.31. The fourth-order valence-electron chi connectivity index (χ4n) is 2.31. The first-order chi connectivity index (χ1) is 10.6. The van der Waals surface area contributed by atoms with Gasteiger partial charge in [-0.05, 0) is 30.7 Å². The van der Waals surface area contributed by atoms with Gasteiger partial charge in [0.25, 0.3) is 0 Å². The van der Waals surface area contributed by atoms with Crippen LogP contribution in [-0.4, -0.2) is 20.1 Å². The van der Waals surface area contributed by atoms with Crippen molar-refractivity contribution in [3.8, 4) is 11.5 Å². The lowest BCUT2D eigenvalue weighted by Crippen LogP contribution is -2.28. The zero-order valence-electron chi connectivity index (χ0n) is 13.1. The van der Waals surface area contributed by atoms with Gasteiger partial charge < -0.3 is 14.8 Å². The van der Waals surface area contributed by atoms with E-state index in [1.165, 1.54) is 0 Å². The number of amides is 1. The molecule has 2 aromatic rings. The van der Waals surface area contributed by atoms with Gasteiger partial charge in [0.1, 0.15) is 11.5 Å². The van der Waals surface area contributed by atoms with Crippen molar-refractivity contribution < 1.29 is 14.3 Å². The van der Waals surface area contributed by atoms with Crippen molar-refractivity contribution in [1.82, 2.24) is 5.32 Å². The van der Waals surface area contributed by atoms with E-state index in [9.17, 15) is 4.79 Å². The summed E-state index contributed by atoms with van der Waals surface area (Å²) < 4.78 is 10.5. The number of methoxy groups -OCH3 is 2. The first-order valence-electron chi connectivity index (χ1n) is 7.19. The third-order valence-corrected chi connectivity index (χ3v) is 3.51. The second-order valence-electron chi connectivity index (χ2n) is 5.05. The zero-order chi connectivity index (χ0) is 15.9. The number of benzene rings is 2. The van der Waals surface area contributed by atoms with Crippen LogP contribution in [0.1, 0.15) is 24.1 Å². The monoisotopic (exact) mass is 299 g/mol. The minimum atomic E-state index is -0.0858. The lowest BCUT2D eigenvalue weighted by atomic mass is 10.1. The lowest BCUT2D eigenvalue weighted by molar-refractivity contribution is -0.121. The van der Waals surface area contributed by atoms with Crippen molar-refractivity contribution >= 4 is 5.91 Å². The molecule has 0 unspecified atom stereocenters. The summed E-state index contributed by atoms with van der Waals surface area (Å²) in [6.45, 7) is 1.95. The Bertz CT molecular complexity index is 640. The normalized spacial score (nSPS) is 11.6. The van der Waals surface area contributed by atoms with E-state index in [0.29, 0.717) is 6.42 Å². The molecule has 116 valence electrons. The SMILES string of the molecule is COc1cccc([C@H](C)NC(=O)Cc2ccccc2OC)c1. The van der Waals surface area contributed by atoms with Gasteiger partial charge in [-0.1, -0.05) is 30.3 Å². The van der Waals surface area contributed by atoms with Gasteiger partial charge in [0.2, 0.25) is 5.91 Å². The molecule has 0 aliphatic heterocycles. The molecule has 0 heterocycles. The van der Waals surface area contributed by atoms with Crippen LogP contribution in [0.2, 0.25) is 0 Å². The quantitative estimate of drug-likeness (QED) is 0.891. The first-order valence-corrected chi connectivity index (χ1v) is 7.19. The summed E-state index contributed by atoms with van der Waals surface area (Å²) in [4.78, 5) is 12.2. The molecule has 0 saturated heterocycles. The average molecular weight is 299 g/mol. The number of nitrogens with one attached hydrogen (secondary N) is 1. The van der Waals surface area contributed by atoms with Crippen molar-refractivity contribution in [2.24, 2.45) is 0 Å².